The molecular formula is C15H21NO. The van der Waals surface area contributed by atoms with Crippen molar-refractivity contribution in [3.63, 3.8) is 0 Å². The number of nitrogens with zero attached hydrogens (tertiary/aromatic N) is 1. The van der Waals surface area contributed by atoms with E-state index < -0.39 is 0 Å². The van der Waals surface area contributed by atoms with Crippen LogP contribution in [0.2, 0.25) is 0 Å². The summed E-state index contributed by atoms with van der Waals surface area (Å²) in [6.45, 7) is 5.31. The molecule has 2 heteroatoms. The van der Waals surface area contributed by atoms with Crippen molar-refractivity contribution < 1.29 is 4.79 Å². The molecule has 1 aromatic rings. The second-order valence-corrected chi connectivity index (χ2v) is 5.28. The van der Waals surface area contributed by atoms with Crippen molar-refractivity contribution in [3.05, 3.63) is 35.9 Å². The van der Waals surface area contributed by atoms with Crippen molar-refractivity contribution in [2.45, 2.75) is 39.2 Å². The van der Waals surface area contributed by atoms with E-state index in [1.165, 1.54) is 12.8 Å². The minimum atomic E-state index is 0.203. The Kier molecular flexibility index (Phi) is 3.82. The fourth-order valence-electron chi connectivity index (χ4n) is 1.98. The standard InChI is InChI=1S/C15H21NO/c1-12(2)10-11-16(14-8-9-14)15(17)13-6-4-3-5-7-13/h3-7,12,14H,8-11H2,1-2H3. The Hall–Kier alpha value is -1.31. The minimum Gasteiger partial charge on any atom is -0.336 e. The van der Waals surface area contributed by atoms with Gasteiger partial charge in [-0.1, -0.05) is 32.0 Å². The first-order valence-corrected chi connectivity index (χ1v) is 6.54. The molecule has 2 rings (SSSR count). The number of benzene rings is 1. The molecule has 0 radical (unpaired) electrons. The van der Waals surface area contributed by atoms with Crippen LogP contribution in [0.1, 0.15) is 43.5 Å². The molecule has 0 aliphatic heterocycles. The third-order valence-corrected chi connectivity index (χ3v) is 3.22. The zero-order valence-electron chi connectivity index (χ0n) is 10.7. The highest BCUT2D eigenvalue weighted by atomic mass is 16.2. The van der Waals surface area contributed by atoms with E-state index in [4.69, 9.17) is 0 Å². The summed E-state index contributed by atoms with van der Waals surface area (Å²) < 4.78 is 0. The second-order valence-electron chi connectivity index (χ2n) is 5.28. The van der Waals surface area contributed by atoms with Gasteiger partial charge in [-0.3, -0.25) is 4.79 Å². The van der Waals surface area contributed by atoms with Gasteiger partial charge in [-0.25, -0.2) is 0 Å². The average Bonchev–Trinajstić information content (AvgIpc) is 3.14. The van der Waals surface area contributed by atoms with E-state index in [0.29, 0.717) is 12.0 Å². The number of carbonyl (C=O) groups is 1. The first kappa shape index (κ1) is 12.2. The molecule has 17 heavy (non-hydrogen) atoms. The number of amides is 1. The van der Waals surface area contributed by atoms with E-state index in [9.17, 15) is 4.79 Å². The number of hydrogen-bond acceptors (Lipinski definition) is 1. The third-order valence-electron chi connectivity index (χ3n) is 3.22. The van der Waals surface area contributed by atoms with Crippen molar-refractivity contribution >= 4 is 5.91 Å². The Morgan fingerprint density at radius 1 is 1.29 bits per heavy atom. The van der Waals surface area contributed by atoms with Gasteiger partial charge in [-0.15, -0.1) is 0 Å². The topological polar surface area (TPSA) is 20.3 Å². The van der Waals surface area contributed by atoms with Crippen LogP contribution < -0.4 is 0 Å². The lowest BCUT2D eigenvalue weighted by Crippen LogP contribution is -2.34. The monoisotopic (exact) mass is 231 g/mol. The average molecular weight is 231 g/mol. The summed E-state index contributed by atoms with van der Waals surface area (Å²) in [5.41, 5.74) is 0.822. The molecule has 1 fully saturated rings. The maximum absolute atomic E-state index is 12.4. The summed E-state index contributed by atoms with van der Waals surface area (Å²) in [4.78, 5) is 14.4. The molecule has 92 valence electrons. The summed E-state index contributed by atoms with van der Waals surface area (Å²) in [5, 5.41) is 0. The minimum absolute atomic E-state index is 0.203. The molecule has 0 bridgehead atoms. The number of hydrogen-bond donors (Lipinski definition) is 0. The van der Waals surface area contributed by atoms with Crippen LogP contribution in [0.5, 0.6) is 0 Å². The predicted molar refractivity (Wildman–Crippen MR) is 70.0 cm³/mol. The maximum atomic E-state index is 12.4. The Labute approximate surface area is 104 Å². The first-order valence-electron chi connectivity index (χ1n) is 6.54. The number of rotatable bonds is 5. The fraction of sp³-hybridized carbons (Fsp3) is 0.533. The van der Waals surface area contributed by atoms with Crippen molar-refractivity contribution in [2.24, 2.45) is 5.92 Å². The second kappa shape index (κ2) is 5.35. The molecule has 1 aliphatic carbocycles. The molecule has 2 nitrogen and oxygen atoms in total. The van der Waals surface area contributed by atoms with E-state index in [0.717, 1.165) is 18.5 Å². The summed E-state index contributed by atoms with van der Waals surface area (Å²) in [6, 6.07) is 10.1. The smallest absolute Gasteiger partial charge is 0.254 e. The van der Waals surface area contributed by atoms with Gasteiger partial charge in [0.25, 0.3) is 5.91 Å². The van der Waals surface area contributed by atoms with Gasteiger partial charge in [0, 0.05) is 18.2 Å². The van der Waals surface area contributed by atoms with E-state index in [-0.39, 0.29) is 5.91 Å². The zero-order valence-corrected chi connectivity index (χ0v) is 10.7. The third kappa shape index (κ3) is 3.32. The zero-order chi connectivity index (χ0) is 12.3. The molecule has 0 spiro atoms. The van der Waals surface area contributed by atoms with Crippen LogP contribution in [0.4, 0.5) is 0 Å². The van der Waals surface area contributed by atoms with Gasteiger partial charge in [0.05, 0.1) is 0 Å². The lowest BCUT2D eigenvalue weighted by molar-refractivity contribution is 0.0735. The largest absolute Gasteiger partial charge is 0.336 e. The fourth-order valence-corrected chi connectivity index (χ4v) is 1.98. The van der Waals surface area contributed by atoms with E-state index in [1.807, 2.05) is 30.3 Å². The van der Waals surface area contributed by atoms with Gasteiger partial charge in [-0.05, 0) is 37.3 Å². The van der Waals surface area contributed by atoms with Crippen LogP contribution >= 0.6 is 0 Å². The Balaban J connectivity index is 2.03. The molecule has 1 aromatic carbocycles. The van der Waals surface area contributed by atoms with Crippen LogP contribution in [-0.4, -0.2) is 23.4 Å². The van der Waals surface area contributed by atoms with Crippen LogP contribution in [0, 0.1) is 5.92 Å². The molecule has 0 aromatic heterocycles. The lowest BCUT2D eigenvalue weighted by Gasteiger charge is -2.23. The van der Waals surface area contributed by atoms with Crippen molar-refractivity contribution in [1.29, 1.82) is 0 Å². The van der Waals surface area contributed by atoms with E-state index >= 15 is 0 Å². The van der Waals surface area contributed by atoms with Crippen LogP contribution in [-0.2, 0) is 0 Å². The van der Waals surface area contributed by atoms with E-state index in [2.05, 4.69) is 18.7 Å². The molecule has 0 unspecified atom stereocenters. The van der Waals surface area contributed by atoms with Gasteiger partial charge >= 0.3 is 0 Å². The highest BCUT2D eigenvalue weighted by molar-refractivity contribution is 5.94. The van der Waals surface area contributed by atoms with Crippen LogP contribution in [0.15, 0.2) is 30.3 Å². The summed E-state index contributed by atoms with van der Waals surface area (Å²) in [6.07, 6.45) is 3.45. The highest BCUT2D eigenvalue weighted by Crippen LogP contribution is 2.28. The molecule has 1 aliphatic rings. The summed E-state index contributed by atoms with van der Waals surface area (Å²) in [7, 11) is 0. The van der Waals surface area contributed by atoms with Crippen molar-refractivity contribution in [2.75, 3.05) is 6.54 Å². The Morgan fingerprint density at radius 3 is 2.47 bits per heavy atom. The van der Waals surface area contributed by atoms with Crippen LogP contribution in [0.3, 0.4) is 0 Å². The molecule has 1 amide bonds. The Bertz CT molecular complexity index is 368. The molecule has 0 saturated heterocycles. The molecular weight excluding hydrogens is 210 g/mol. The van der Waals surface area contributed by atoms with Crippen molar-refractivity contribution in [1.82, 2.24) is 4.90 Å². The van der Waals surface area contributed by atoms with Gasteiger partial charge in [0.2, 0.25) is 0 Å². The SMILES string of the molecule is CC(C)CCN(C(=O)c1ccccc1)C1CC1. The maximum Gasteiger partial charge on any atom is 0.254 e. The summed E-state index contributed by atoms with van der Waals surface area (Å²) >= 11 is 0. The van der Waals surface area contributed by atoms with Gasteiger partial charge in [-0.2, -0.15) is 0 Å². The quantitative estimate of drug-likeness (QED) is 0.761. The van der Waals surface area contributed by atoms with Gasteiger partial charge in [0.15, 0.2) is 0 Å². The highest BCUT2D eigenvalue weighted by Gasteiger charge is 2.32. The van der Waals surface area contributed by atoms with Crippen LogP contribution in [0.25, 0.3) is 0 Å². The molecule has 0 N–H and O–H groups in total. The molecule has 0 atom stereocenters. The predicted octanol–water partition coefficient (Wildman–Crippen LogP) is 3.34. The van der Waals surface area contributed by atoms with E-state index in [1.54, 1.807) is 0 Å². The van der Waals surface area contributed by atoms with Gasteiger partial charge in [0.1, 0.15) is 0 Å². The molecule has 0 heterocycles. The lowest BCUT2D eigenvalue weighted by atomic mass is 10.1. The Morgan fingerprint density at radius 2 is 1.94 bits per heavy atom. The normalized spacial score (nSPS) is 15.0. The molecule has 1 saturated carbocycles. The van der Waals surface area contributed by atoms with Gasteiger partial charge < -0.3 is 4.90 Å². The van der Waals surface area contributed by atoms with Crippen molar-refractivity contribution in [3.8, 4) is 0 Å². The first-order chi connectivity index (χ1) is 8.18. The summed E-state index contributed by atoms with van der Waals surface area (Å²) in [5.74, 6) is 0.855. The number of carbonyl (C=O) groups excluding carboxylic acids is 1.